The van der Waals surface area contributed by atoms with Crippen molar-refractivity contribution >= 4 is 29.9 Å². The predicted molar refractivity (Wildman–Crippen MR) is 94.6 cm³/mol. The molecule has 3 nitrogen and oxygen atoms in total. The van der Waals surface area contributed by atoms with Gasteiger partial charge in [-0.25, -0.2) is 4.39 Å². The van der Waals surface area contributed by atoms with Crippen LogP contribution in [-0.4, -0.2) is 18.0 Å². The number of nitrogens with two attached hydrogens (primary N) is 1. The van der Waals surface area contributed by atoms with Gasteiger partial charge in [0, 0.05) is 6.04 Å². The summed E-state index contributed by atoms with van der Waals surface area (Å²) in [5, 5.41) is 3.27. The van der Waals surface area contributed by atoms with Crippen molar-refractivity contribution in [1.29, 1.82) is 0 Å². The summed E-state index contributed by atoms with van der Waals surface area (Å²) in [5.41, 5.74) is 6.77. The summed E-state index contributed by atoms with van der Waals surface area (Å²) in [6, 6.07) is 7.79. The Hall–Kier alpha value is -0.850. The molecule has 0 spiro atoms. The summed E-state index contributed by atoms with van der Waals surface area (Å²) in [6.45, 7) is 0. The number of aliphatic imine (C=N–C) groups is 1. The molecule has 2 saturated carbocycles. The van der Waals surface area contributed by atoms with Crippen molar-refractivity contribution in [1.82, 2.24) is 5.32 Å². The van der Waals surface area contributed by atoms with Gasteiger partial charge in [-0.15, -0.1) is 24.0 Å². The van der Waals surface area contributed by atoms with Gasteiger partial charge in [-0.2, -0.15) is 0 Å². The Morgan fingerprint density at radius 2 is 1.86 bits per heavy atom. The minimum atomic E-state index is -0.0939. The third-order valence-electron chi connectivity index (χ3n) is 4.48. The molecule has 0 amide bonds. The number of rotatable bonds is 3. The third kappa shape index (κ3) is 4.08. The average molecular weight is 403 g/mol. The normalized spacial score (nSPS) is 26.0. The lowest BCUT2D eigenvalue weighted by molar-refractivity contribution is 0.316. The number of nitrogens with zero attached hydrogens (tertiary/aromatic N) is 1. The predicted octanol–water partition coefficient (Wildman–Crippen LogP) is 3.54. The van der Waals surface area contributed by atoms with Crippen LogP contribution in [0.5, 0.6) is 0 Å². The first-order chi connectivity index (χ1) is 9.72. The summed E-state index contributed by atoms with van der Waals surface area (Å²) >= 11 is 0. The molecule has 0 bridgehead atoms. The first kappa shape index (κ1) is 16.5. The quantitative estimate of drug-likeness (QED) is 0.461. The molecule has 116 valence electrons. The number of benzene rings is 1. The maximum atomic E-state index is 13.7. The van der Waals surface area contributed by atoms with E-state index in [0.717, 1.165) is 31.2 Å². The van der Waals surface area contributed by atoms with Crippen LogP contribution in [0.1, 0.15) is 50.0 Å². The minimum absolute atomic E-state index is 0. The van der Waals surface area contributed by atoms with Gasteiger partial charge in [0.25, 0.3) is 0 Å². The van der Waals surface area contributed by atoms with Crippen LogP contribution in [0.25, 0.3) is 0 Å². The summed E-state index contributed by atoms with van der Waals surface area (Å²) in [4.78, 5) is 4.52. The van der Waals surface area contributed by atoms with E-state index in [0.29, 0.717) is 24.0 Å². The molecule has 21 heavy (non-hydrogen) atoms. The van der Waals surface area contributed by atoms with Crippen molar-refractivity contribution in [3.63, 3.8) is 0 Å². The molecule has 0 atom stereocenters. The fraction of sp³-hybridized carbons (Fsp3) is 0.562. The molecule has 3 rings (SSSR count). The van der Waals surface area contributed by atoms with Crippen LogP contribution in [0, 0.1) is 5.82 Å². The molecule has 1 aromatic carbocycles. The molecule has 1 aromatic rings. The van der Waals surface area contributed by atoms with Crippen LogP contribution in [0.4, 0.5) is 4.39 Å². The highest BCUT2D eigenvalue weighted by molar-refractivity contribution is 14.0. The maximum absolute atomic E-state index is 13.7. The average Bonchev–Trinajstić information content (AvgIpc) is 2.87. The zero-order valence-electron chi connectivity index (χ0n) is 12.1. The molecule has 0 unspecified atom stereocenters. The first-order valence-corrected chi connectivity index (χ1v) is 7.56. The van der Waals surface area contributed by atoms with Gasteiger partial charge in [0.2, 0.25) is 0 Å². The number of hydrogen-bond donors (Lipinski definition) is 2. The van der Waals surface area contributed by atoms with Gasteiger partial charge < -0.3 is 11.1 Å². The van der Waals surface area contributed by atoms with Gasteiger partial charge in [-0.1, -0.05) is 31.0 Å². The number of halogens is 2. The second-order valence-corrected chi connectivity index (χ2v) is 5.98. The molecule has 0 saturated heterocycles. The molecular formula is C16H23FIN3. The highest BCUT2D eigenvalue weighted by atomic mass is 127. The zero-order valence-corrected chi connectivity index (χ0v) is 14.4. The third-order valence-corrected chi connectivity index (χ3v) is 4.48. The maximum Gasteiger partial charge on any atom is 0.189 e. The van der Waals surface area contributed by atoms with E-state index < -0.39 is 0 Å². The largest absolute Gasteiger partial charge is 0.370 e. The Balaban J connectivity index is 0.00000161. The van der Waals surface area contributed by atoms with Crippen LogP contribution >= 0.6 is 24.0 Å². The second kappa shape index (κ2) is 7.42. The molecule has 0 heterocycles. The first-order valence-electron chi connectivity index (χ1n) is 7.56. The lowest BCUT2D eigenvalue weighted by Gasteiger charge is -2.36. The van der Waals surface area contributed by atoms with Crippen LogP contribution in [0.15, 0.2) is 29.3 Å². The van der Waals surface area contributed by atoms with E-state index >= 15 is 0 Å². The Bertz CT molecular complexity index is 494. The van der Waals surface area contributed by atoms with E-state index in [9.17, 15) is 4.39 Å². The molecular weight excluding hydrogens is 380 g/mol. The van der Waals surface area contributed by atoms with Gasteiger partial charge in [0.05, 0.1) is 6.04 Å². The molecule has 0 radical (unpaired) electrons. The van der Waals surface area contributed by atoms with E-state index in [-0.39, 0.29) is 29.8 Å². The van der Waals surface area contributed by atoms with Crippen molar-refractivity contribution in [3.05, 3.63) is 35.6 Å². The van der Waals surface area contributed by atoms with Gasteiger partial charge in [-0.3, -0.25) is 4.99 Å². The monoisotopic (exact) mass is 403 g/mol. The number of guanidine groups is 1. The molecule has 2 fully saturated rings. The van der Waals surface area contributed by atoms with Gasteiger partial charge in [0.15, 0.2) is 5.96 Å². The number of nitrogens with one attached hydrogen (secondary N) is 1. The lowest BCUT2D eigenvalue weighted by atomic mass is 9.76. The van der Waals surface area contributed by atoms with E-state index in [2.05, 4.69) is 10.3 Å². The Morgan fingerprint density at radius 3 is 2.52 bits per heavy atom. The van der Waals surface area contributed by atoms with E-state index in [1.165, 1.54) is 18.9 Å². The zero-order chi connectivity index (χ0) is 13.9. The van der Waals surface area contributed by atoms with Crippen molar-refractivity contribution in [3.8, 4) is 0 Å². The molecule has 5 heteroatoms. The molecule has 2 aliphatic carbocycles. The highest BCUT2D eigenvalue weighted by Gasteiger charge is 2.32. The summed E-state index contributed by atoms with van der Waals surface area (Å²) < 4.78 is 13.7. The van der Waals surface area contributed by atoms with Crippen LogP contribution in [0.2, 0.25) is 0 Å². The minimum Gasteiger partial charge on any atom is -0.370 e. The van der Waals surface area contributed by atoms with Gasteiger partial charge >= 0.3 is 0 Å². The molecule has 2 aliphatic rings. The SMILES string of the molecule is I.NC(=NC1CCCC1)NC1CC(c2ccccc2F)C1. The second-order valence-electron chi connectivity index (χ2n) is 5.98. The topological polar surface area (TPSA) is 50.4 Å². The van der Waals surface area contributed by atoms with E-state index in [1.54, 1.807) is 6.07 Å². The van der Waals surface area contributed by atoms with Crippen molar-refractivity contribution in [2.75, 3.05) is 0 Å². The van der Waals surface area contributed by atoms with Crippen LogP contribution in [0.3, 0.4) is 0 Å². The fourth-order valence-electron chi connectivity index (χ4n) is 3.27. The summed E-state index contributed by atoms with van der Waals surface area (Å²) in [6.07, 6.45) is 6.71. The Morgan fingerprint density at radius 1 is 1.19 bits per heavy atom. The molecule has 3 N–H and O–H groups in total. The van der Waals surface area contributed by atoms with Crippen molar-refractivity contribution in [2.24, 2.45) is 10.7 Å². The van der Waals surface area contributed by atoms with Crippen molar-refractivity contribution in [2.45, 2.75) is 56.5 Å². The van der Waals surface area contributed by atoms with Gasteiger partial charge in [-0.05, 0) is 43.2 Å². The van der Waals surface area contributed by atoms with E-state index in [4.69, 9.17) is 5.73 Å². The standard InChI is InChI=1S/C16H22FN3.HI/c17-15-8-4-3-7-14(15)11-9-13(10-11)20-16(18)19-12-5-1-2-6-12;/h3-4,7-8,11-13H,1-2,5-6,9-10H2,(H3,18,19,20);1H. The summed E-state index contributed by atoms with van der Waals surface area (Å²) in [5.74, 6) is 0.783. The van der Waals surface area contributed by atoms with Gasteiger partial charge in [0.1, 0.15) is 5.82 Å². The fourth-order valence-corrected chi connectivity index (χ4v) is 3.27. The molecule has 0 aromatic heterocycles. The lowest BCUT2D eigenvalue weighted by Crippen LogP contribution is -2.47. The number of hydrogen-bond acceptors (Lipinski definition) is 1. The Kier molecular flexibility index (Phi) is 5.84. The van der Waals surface area contributed by atoms with Crippen LogP contribution < -0.4 is 11.1 Å². The Labute approximate surface area is 142 Å². The van der Waals surface area contributed by atoms with E-state index in [1.807, 2.05) is 12.1 Å². The highest BCUT2D eigenvalue weighted by Crippen LogP contribution is 2.37. The summed E-state index contributed by atoms with van der Waals surface area (Å²) in [7, 11) is 0. The van der Waals surface area contributed by atoms with Crippen molar-refractivity contribution < 1.29 is 4.39 Å². The molecule has 0 aliphatic heterocycles. The smallest absolute Gasteiger partial charge is 0.189 e. The van der Waals surface area contributed by atoms with Crippen LogP contribution in [-0.2, 0) is 0 Å².